The zero-order valence-corrected chi connectivity index (χ0v) is 8.23. The molecular weight excluding hydrogens is 231 g/mol. The zero-order valence-electron chi connectivity index (χ0n) is 7.41. The van der Waals surface area contributed by atoms with E-state index < -0.39 is 22.7 Å². The van der Waals surface area contributed by atoms with Crippen LogP contribution in [0, 0.1) is 0 Å². The van der Waals surface area contributed by atoms with Gasteiger partial charge in [-0.05, 0) is 11.6 Å². The summed E-state index contributed by atoms with van der Waals surface area (Å²) in [5.41, 5.74) is -0.556. The maximum Gasteiger partial charge on any atom is 0.416 e. The van der Waals surface area contributed by atoms with E-state index in [0.717, 1.165) is 12.1 Å². The molecule has 0 saturated carbocycles. The second kappa shape index (κ2) is 4.73. The summed E-state index contributed by atoms with van der Waals surface area (Å²) in [5.74, 6) is -0.180. The van der Waals surface area contributed by atoms with E-state index in [-0.39, 0.29) is 11.3 Å². The van der Waals surface area contributed by atoms with Gasteiger partial charge in [0.25, 0.3) is 0 Å². The maximum atomic E-state index is 12.2. The summed E-state index contributed by atoms with van der Waals surface area (Å²) in [6, 6.07) is 4.46. The highest BCUT2D eigenvalue weighted by molar-refractivity contribution is 7.82. The SMILES string of the molecule is O=S(Cc1cccc(C(F)(F)F)c1)NO. The Morgan fingerprint density at radius 1 is 1.40 bits per heavy atom. The lowest BCUT2D eigenvalue weighted by Gasteiger charge is -2.07. The van der Waals surface area contributed by atoms with Crippen LogP contribution in [-0.4, -0.2) is 9.42 Å². The first-order valence-electron chi connectivity index (χ1n) is 3.87. The van der Waals surface area contributed by atoms with Gasteiger partial charge in [-0.25, -0.2) is 4.21 Å². The Kier molecular flexibility index (Phi) is 3.83. The van der Waals surface area contributed by atoms with E-state index in [0.29, 0.717) is 0 Å². The normalized spacial score (nSPS) is 13.9. The predicted octanol–water partition coefficient (Wildman–Crippen LogP) is 1.85. The van der Waals surface area contributed by atoms with E-state index in [1.165, 1.54) is 17.0 Å². The number of halogens is 3. The lowest BCUT2D eigenvalue weighted by atomic mass is 10.1. The summed E-state index contributed by atoms with van der Waals surface area (Å²) in [4.78, 5) is 1.46. The van der Waals surface area contributed by atoms with Crippen molar-refractivity contribution < 1.29 is 22.6 Å². The van der Waals surface area contributed by atoms with E-state index in [1.807, 2.05) is 0 Å². The van der Waals surface area contributed by atoms with Crippen molar-refractivity contribution >= 4 is 11.0 Å². The molecular formula is C8H8F3NO2S. The van der Waals surface area contributed by atoms with Crippen LogP contribution >= 0.6 is 0 Å². The van der Waals surface area contributed by atoms with Gasteiger partial charge in [0.1, 0.15) is 11.0 Å². The van der Waals surface area contributed by atoms with Gasteiger partial charge in [0.15, 0.2) is 0 Å². The average Bonchev–Trinajstić information content (AvgIpc) is 2.17. The van der Waals surface area contributed by atoms with E-state index in [1.54, 1.807) is 0 Å². The minimum Gasteiger partial charge on any atom is -0.304 e. The summed E-state index contributed by atoms with van der Waals surface area (Å²) in [6.45, 7) is 0. The van der Waals surface area contributed by atoms with Gasteiger partial charge in [-0.15, -0.1) is 4.89 Å². The van der Waals surface area contributed by atoms with Gasteiger partial charge < -0.3 is 5.21 Å². The standard InChI is InChI=1S/C8H8F3NO2S/c9-8(10,11)7-3-1-2-6(4-7)5-15(14)12-13/h1-4,12-13H,5H2. The first-order valence-corrected chi connectivity index (χ1v) is 5.19. The number of alkyl halides is 3. The van der Waals surface area contributed by atoms with E-state index >= 15 is 0 Å². The molecule has 7 heteroatoms. The summed E-state index contributed by atoms with van der Waals surface area (Å²) in [7, 11) is -1.77. The Morgan fingerprint density at radius 3 is 2.60 bits per heavy atom. The van der Waals surface area contributed by atoms with Crippen LogP contribution in [0.3, 0.4) is 0 Å². The highest BCUT2D eigenvalue weighted by Crippen LogP contribution is 2.29. The third-order valence-corrected chi connectivity index (χ3v) is 2.45. The number of rotatable bonds is 3. The fourth-order valence-corrected chi connectivity index (χ4v) is 1.57. The molecule has 0 amide bonds. The molecule has 1 aromatic rings. The van der Waals surface area contributed by atoms with Crippen molar-refractivity contribution in [3.8, 4) is 0 Å². The fourth-order valence-electron chi connectivity index (χ4n) is 1.02. The lowest BCUT2D eigenvalue weighted by Crippen LogP contribution is -2.14. The molecule has 0 aliphatic carbocycles. The Labute approximate surface area is 86.5 Å². The van der Waals surface area contributed by atoms with Crippen molar-refractivity contribution in [3.05, 3.63) is 35.4 Å². The third kappa shape index (κ3) is 3.61. The molecule has 0 saturated heterocycles. The number of hydrogen-bond donors (Lipinski definition) is 2. The molecule has 1 aromatic carbocycles. The Bertz CT molecular complexity index is 367. The van der Waals surface area contributed by atoms with Gasteiger partial charge in [-0.2, -0.15) is 13.2 Å². The van der Waals surface area contributed by atoms with Gasteiger partial charge >= 0.3 is 6.18 Å². The molecule has 1 rings (SSSR count). The molecule has 0 heterocycles. The minimum absolute atomic E-state index is 0.180. The largest absolute Gasteiger partial charge is 0.416 e. The molecule has 1 unspecified atom stereocenters. The van der Waals surface area contributed by atoms with Crippen LogP contribution in [0.5, 0.6) is 0 Å². The molecule has 3 nitrogen and oxygen atoms in total. The van der Waals surface area contributed by atoms with Gasteiger partial charge in [-0.1, -0.05) is 18.2 Å². The van der Waals surface area contributed by atoms with Crippen molar-refractivity contribution in [3.63, 3.8) is 0 Å². The maximum absolute atomic E-state index is 12.2. The van der Waals surface area contributed by atoms with Gasteiger partial charge in [-0.3, -0.25) is 0 Å². The second-order valence-electron chi connectivity index (χ2n) is 2.78. The second-order valence-corrected chi connectivity index (χ2v) is 3.94. The molecule has 84 valence electrons. The molecule has 0 aliphatic heterocycles. The van der Waals surface area contributed by atoms with Gasteiger partial charge in [0.2, 0.25) is 0 Å². The topological polar surface area (TPSA) is 49.3 Å². The fraction of sp³-hybridized carbons (Fsp3) is 0.250. The zero-order chi connectivity index (χ0) is 11.5. The van der Waals surface area contributed by atoms with Crippen LogP contribution in [0.2, 0.25) is 0 Å². The summed E-state index contributed by atoms with van der Waals surface area (Å²) < 4.78 is 47.5. The van der Waals surface area contributed by atoms with Gasteiger partial charge in [0, 0.05) is 0 Å². The van der Waals surface area contributed by atoms with Gasteiger partial charge in [0.05, 0.1) is 11.3 Å². The Hall–Kier alpha value is -0.920. The molecule has 0 aliphatic rings. The van der Waals surface area contributed by atoms with Crippen LogP contribution in [0.25, 0.3) is 0 Å². The first-order chi connectivity index (χ1) is 6.93. The smallest absolute Gasteiger partial charge is 0.304 e. The predicted molar refractivity (Wildman–Crippen MR) is 48.2 cm³/mol. The summed E-state index contributed by atoms with van der Waals surface area (Å²) >= 11 is 0. The quantitative estimate of drug-likeness (QED) is 0.791. The third-order valence-electron chi connectivity index (χ3n) is 1.65. The molecule has 15 heavy (non-hydrogen) atoms. The van der Waals surface area contributed by atoms with Crippen LogP contribution in [0.4, 0.5) is 13.2 Å². The highest BCUT2D eigenvalue weighted by Gasteiger charge is 2.30. The highest BCUT2D eigenvalue weighted by atomic mass is 32.2. The summed E-state index contributed by atoms with van der Waals surface area (Å²) in [6.07, 6.45) is -4.41. The van der Waals surface area contributed by atoms with E-state index in [9.17, 15) is 17.4 Å². The van der Waals surface area contributed by atoms with E-state index in [4.69, 9.17) is 5.21 Å². The Balaban J connectivity index is 2.88. The molecule has 2 N–H and O–H groups in total. The molecule has 0 radical (unpaired) electrons. The molecule has 0 fully saturated rings. The van der Waals surface area contributed by atoms with Crippen molar-refractivity contribution in [2.45, 2.75) is 11.9 Å². The van der Waals surface area contributed by atoms with Crippen LogP contribution in [-0.2, 0) is 22.9 Å². The monoisotopic (exact) mass is 239 g/mol. The van der Waals surface area contributed by atoms with Crippen molar-refractivity contribution in [2.75, 3.05) is 0 Å². The number of benzene rings is 1. The van der Waals surface area contributed by atoms with Crippen molar-refractivity contribution in [1.82, 2.24) is 4.89 Å². The average molecular weight is 239 g/mol. The van der Waals surface area contributed by atoms with Crippen molar-refractivity contribution in [1.29, 1.82) is 0 Å². The Morgan fingerprint density at radius 2 is 2.07 bits per heavy atom. The molecule has 0 aromatic heterocycles. The van der Waals surface area contributed by atoms with Crippen LogP contribution < -0.4 is 4.89 Å². The van der Waals surface area contributed by atoms with E-state index in [2.05, 4.69) is 0 Å². The first kappa shape index (κ1) is 12.2. The summed E-state index contributed by atoms with van der Waals surface area (Å²) in [5, 5.41) is 8.25. The van der Waals surface area contributed by atoms with Crippen LogP contribution in [0.15, 0.2) is 24.3 Å². The number of hydrogen-bond acceptors (Lipinski definition) is 2. The molecule has 0 spiro atoms. The lowest BCUT2D eigenvalue weighted by molar-refractivity contribution is -0.137. The number of nitrogens with one attached hydrogen (secondary N) is 1. The molecule has 0 bridgehead atoms. The molecule has 1 atom stereocenters. The minimum atomic E-state index is -4.41. The van der Waals surface area contributed by atoms with Crippen molar-refractivity contribution in [2.24, 2.45) is 0 Å². The van der Waals surface area contributed by atoms with Crippen LogP contribution in [0.1, 0.15) is 11.1 Å².